The van der Waals surface area contributed by atoms with E-state index in [1.165, 1.54) is 11.1 Å². The average Bonchev–Trinajstić information content (AvgIpc) is 2.49. The second-order valence-electron chi connectivity index (χ2n) is 4.65. The lowest BCUT2D eigenvalue weighted by atomic mass is 10.1. The van der Waals surface area contributed by atoms with Gasteiger partial charge in [0.05, 0.1) is 6.61 Å². The molecule has 0 unspecified atom stereocenters. The number of nitrogens with zero attached hydrogens (tertiary/aromatic N) is 1. The van der Waals surface area contributed by atoms with E-state index in [4.69, 9.17) is 4.74 Å². The molecule has 0 bridgehead atoms. The summed E-state index contributed by atoms with van der Waals surface area (Å²) >= 11 is 0. The molecular formula is C17H21NO. The molecule has 0 saturated carbocycles. The zero-order chi connectivity index (χ0) is 13.3. The Kier molecular flexibility index (Phi) is 5.57. The van der Waals surface area contributed by atoms with Crippen molar-refractivity contribution in [1.29, 1.82) is 0 Å². The van der Waals surface area contributed by atoms with Crippen molar-refractivity contribution in [2.75, 3.05) is 6.61 Å². The van der Waals surface area contributed by atoms with E-state index in [9.17, 15) is 0 Å². The summed E-state index contributed by atoms with van der Waals surface area (Å²) in [7, 11) is 0. The quantitative estimate of drug-likeness (QED) is 0.702. The molecule has 100 valence electrons. The van der Waals surface area contributed by atoms with Gasteiger partial charge in [0.2, 0.25) is 0 Å². The van der Waals surface area contributed by atoms with Gasteiger partial charge in [0.25, 0.3) is 0 Å². The number of ether oxygens (including phenoxy) is 1. The molecule has 0 radical (unpaired) electrons. The Bertz CT molecular complexity index is 464. The third-order valence-electron chi connectivity index (χ3n) is 3.15. The minimum atomic E-state index is 0.701. The van der Waals surface area contributed by atoms with Crippen LogP contribution in [0.5, 0.6) is 0 Å². The number of aryl methyl sites for hydroxylation is 2. The first-order chi connectivity index (χ1) is 9.38. The Hall–Kier alpha value is -1.67. The molecule has 1 aromatic carbocycles. The number of benzene rings is 1. The molecule has 1 aromatic heterocycles. The standard InChI is InChI=1S/C17H21NO/c1-2-15-8-10-16(11-9-15)14-19-13-5-7-17-6-3-4-12-18-17/h3-4,6,8-12H,2,5,7,13-14H2,1H3. The van der Waals surface area contributed by atoms with Crippen molar-refractivity contribution in [1.82, 2.24) is 4.98 Å². The predicted molar refractivity (Wildman–Crippen MR) is 78.0 cm³/mol. The van der Waals surface area contributed by atoms with Crippen molar-refractivity contribution in [2.24, 2.45) is 0 Å². The first-order valence-corrected chi connectivity index (χ1v) is 6.94. The van der Waals surface area contributed by atoms with Crippen LogP contribution in [0.2, 0.25) is 0 Å². The lowest BCUT2D eigenvalue weighted by Crippen LogP contribution is -1.98. The SMILES string of the molecule is CCc1ccc(COCCCc2ccccn2)cc1. The molecule has 0 atom stereocenters. The minimum Gasteiger partial charge on any atom is -0.377 e. The lowest BCUT2D eigenvalue weighted by Gasteiger charge is -2.05. The second-order valence-corrected chi connectivity index (χ2v) is 4.65. The number of pyridine rings is 1. The summed E-state index contributed by atoms with van der Waals surface area (Å²) in [6.07, 6.45) is 4.93. The highest BCUT2D eigenvalue weighted by Gasteiger charge is 1.96. The molecule has 0 aliphatic carbocycles. The summed E-state index contributed by atoms with van der Waals surface area (Å²) in [5, 5.41) is 0. The third-order valence-corrected chi connectivity index (χ3v) is 3.15. The van der Waals surface area contributed by atoms with Gasteiger partial charge in [0.1, 0.15) is 0 Å². The van der Waals surface area contributed by atoms with Crippen molar-refractivity contribution < 1.29 is 4.74 Å². The number of aromatic nitrogens is 1. The van der Waals surface area contributed by atoms with Crippen LogP contribution < -0.4 is 0 Å². The highest BCUT2D eigenvalue weighted by molar-refractivity contribution is 5.21. The van der Waals surface area contributed by atoms with Crippen molar-refractivity contribution in [3.05, 3.63) is 65.5 Å². The van der Waals surface area contributed by atoms with Gasteiger partial charge in [-0.2, -0.15) is 0 Å². The maximum Gasteiger partial charge on any atom is 0.0716 e. The van der Waals surface area contributed by atoms with E-state index in [1.54, 1.807) is 0 Å². The smallest absolute Gasteiger partial charge is 0.0716 e. The van der Waals surface area contributed by atoms with Crippen molar-refractivity contribution in [3.63, 3.8) is 0 Å². The molecule has 0 saturated heterocycles. The lowest BCUT2D eigenvalue weighted by molar-refractivity contribution is 0.118. The minimum absolute atomic E-state index is 0.701. The van der Waals surface area contributed by atoms with Crippen LogP contribution in [0.1, 0.15) is 30.2 Å². The molecule has 0 N–H and O–H groups in total. The van der Waals surface area contributed by atoms with E-state index >= 15 is 0 Å². The van der Waals surface area contributed by atoms with Gasteiger partial charge < -0.3 is 4.74 Å². The van der Waals surface area contributed by atoms with Gasteiger partial charge >= 0.3 is 0 Å². The average molecular weight is 255 g/mol. The van der Waals surface area contributed by atoms with E-state index < -0.39 is 0 Å². The van der Waals surface area contributed by atoms with Gasteiger partial charge in [-0.05, 0) is 42.5 Å². The topological polar surface area (TPSA) is 22.1 Å². The van der Waals surface area contributed by atoms with Crippen molar-refractivity contribution >= 4 is 0 Å². The summed E-state index contributed by atoms with van der Waals surface area (Å²) in [5.74, 6) is 0. The summed E-state index contributed by atoms with van der Waals surface area (Å²) < 4.78 is 5.69. The Morgan fingerprint density at radius 1 is 1.00 bits per heavy atom. The van der Waals surface area contributed by atoms with Gasteiger partial charge in [-0.15, -0.1) is 0 Å². The fraction of sp³-hybridized carbons (Fsp3) is 0.353. The van der Waals surface area contributed by atoms with Crippen molar-refractivity contribution in [2.45, 2.75) is 32.8 Å². The summed E-state index contributed by atoms with van der Waals surface area (Å²) in [4.78, 5) is 4.30. The summed E-state index contributed by atoms with van der Waals surface area (Å²) in [6, 6.07) is 14.7. The zero-order valence-corrected chi connectivity index (χ0v) is 11.5. The Labute approximate surface area is 115 Å². The molecule has 19 heavy (non-hydrogen) atoms. The number of rotatable bonds is 7. The Morgan fingerprint density at radius 2 is 1.79 bits per heavy atom. The second kappa shape index (κ2) is 7.70. The molecular weight excluding hydrogens is 234 g/mol. The van der Waals surface area contributed by atoms with Gasteiger partial charge in [0, 0.05) is 18.5 Å². The first-order valence-electron chi connectivity index (χ1n) is 6.94. The van der Waals surface area contributed by atoms with Crippen LogP contribution in [0.15, 0.2) is 48.7 Å². The molecule has 0 amide bonds. The maximum absolute atomic E-state index is 5.69. The molecule has 0 fully saturated rings. The molecule has 2 rings (SSSR count). The van der Waals surface area contributed by atoms with E-state index in [0.29, 0.717) is 6.61 Å². The van der Waals surface area contributed by atoms with E-state index in [-0.39, 0.29) is 0 Å². The zero-order valence-electron chi connectivity index (χ0n) is 11.5. The van der Waals surface area contributed by atoms with E-state index in [0.717, 1.165) is 31.6 Å². The van der Waals surface area contributed by atoms with Gasteiger partial charge in [-0.25, -0.2) is 0 Å². The molecule has 0 aliphatic rings. The fourth-order valence-electron chi connectivity index (χ4n) is 1.96. The van der Waals surface area contributed by atoms with E-state index in [2.05, 4.69) is 42.2 Å². The molecule has 2 nitrogen and oxygen atoms in total. The van der Waals surface area contributed by atoms with Crippen LogP contribution in [-0.2, 0) is 24.2 Å². The number of hydrogen-bond acceptors (Lipinski definition) is 2. The summed E-state index contributed by atoms with van der Waals surface area (Å²) in [6.45, 7) is 3.65. The van der Waals surface area contributed by atoms with Crippen LogP contribution in [0.25, 0.3) is 0 Å². The fourth-order valence-corrected chi connectivity index (χ4v) is 1.96. The normalized spacial score (nSPS) is 10.6. The largest absolute Gasteiger partial charge is 0.377 e. The van der Waals surface area contributed by atoms with Gasteiger partial charge in [-0.3, -0.25) is 4.98 Å². The molecule has 0 spiro atoms. The molecule has 1 heterocycles. The highest BCUT2D eigenvalue weighted by atomic mass is 16.5. The van der Waals surface area contributed by atoms with Gasteiger partial charge in [0.15, 0.2) is 0 Å². The highest BCUT2D eigenvalue weighted by Crippen LogP contribution is 2.07. The van der Waals surface area contributed by atoms with Crippen LogP contribution >= 0.6 is 0 Å². The van der Waals surface area contributed by atoms with Crippen LogP contribution in [-0.4, -0.2) is 11.6 Å². The molecule has 0 aliphatic heterocycles. The predicted octanol–water partition coefficient (Wildman–Crippen LogP) is 3.79. The maximum atomic E-state index is 5.69. The number of hydrogen-bond donors (Lipinski definition) is 0. The van der Waals surface area contributed by atoms with Crippen LogP contribution in [0.4, 0.5) is 0 Å². The van der Waals surface area contributed by atoms with Crippen molar-refractivity contribution in [3.8, 4) is 0 Å². The monoisotopic (exact) mass is 255 g/mol. The van der Waals surface area contributed by atoms with Crippen LogP contribution in [0, 0.1) is 0 Å². The third kappa shape index (κ3) is 4.84. The summed E-state index contributed by atoms with van der Waals surface area (Å²) in [5.41, 5.74) is 3.76. The molecule has 2 heteroatoms. The van der Waals surface area contributed by atoms with Crippen LogP contribution in [0.3, 0.4) is 0 Å². The van der Waals surface area contributed by atoms with Gasteiger partial charge in [-0.1, -0.05) is 37.3 Å². The first kappa shape index (κ1) is 13.8. The Morgan fingerprint density at radius 3 is 2.47 bits per heavy atom. The van der Waals surface area contributed by atoms with E-state index in [1.807, 2.05) is 18.3 Å². The Balaban J connectivity index is 1.63. The molecule has 2 aromatic rings.